The maximum Gasteiger partial charge on any atom is 0.416 e. The maximum atomic E-state index is 12.8. The smallest absolute Gasteiger partial charge is 0.416 e. The van der Waals surface area contributed by atoms with Crippen molar-refractivity contribution in [3.8, 4) is 23.8 Å². The number of benzene rings is 2. The molecule has 1 N–H and O–H groups in total. The number of ether oxygens (including phenoxy) is 2. The van der Waals surface area contributed by atoms with E-state index < -0.39 is 11.7 Å². The molecule has 2 amide bonds. The SMILES string of the molecule is C#CCOc1cc(CNC(=O)N(Cc2ccc(C(F)(F)F)cc2)C2CC2)ccc1OC. The molecule has 0 saturated heterocycles. The second-order valence-electron chi connectivity index (χ2n) is 7.19. The van der Waals surface area contributed by atoms with Crippen LogP contribution in [0, 0.1) is 12.3 Å². The lowest BCUT2D eigenvalue weighted by atomic mass is 10.1. The topological polar surface area (TPSA) is 50.8 Å². The molecular weight excluding hydrogens is 409 g/mol. The van der Waals surface area contributed by atoms with Gasteiger partial charge in [0.15, 0.2) is 11.5 Å². The van der Waals surface area contributed by atoms with Crippen LogP contribution in [0.15, 0.2) is 42.5 Å². The Morgan fingerprint density at radius 1 is 1.16 bits per heavy atom. The van der Waals surface area contributed by atoms with Gasteiger partial charge in [0.1, 0.15) is 6.61 Å². The number of carbonyl (C=O) groups is 1. The number of terminal acetylenes is 1. The number of amides is 2. The number of nitrogens with one attached hydrogen (secondary N) is 1. The molecule has 0 unspecified atom stereocenters. The summed E-state index contributed by atoms with van der Waals surface area (Å²) in [7, 11) is 1.52. The van der Waals surface area contributed by atoms with Crippen LogP contribution in [0.1, 0.15) is 29.5 Å². The second kappa shape index (κ2) is 9.65. The lowest BCUT2D eigenvalue weighted by Gasteiger charge is -2.23. The van der Waals surface area contributed by atoms with Crippen molar-refractivity contribution >= 4 is 6.03 Å². The molecule has 1 saturated carbocycles. The summed E-state index contributed by atoms with van der Waals surface area (Å²) < 4.78 is 49.0. The van der Waals surface area contributed by atoms with E-state index in [4.69, 9.17) is 15.9 Å². The van der Waals surface area contributed by atoms with Crippen LogP contribution in [0.2, 0.25) is 0 Å². The lowest BCUT2D eigenvalue weighted by Crippen LogP contribution is -2.40. The highest BCUT2D eigenvalue weighted by atomic mass is 19.4. The van der Waals surface area contributed by atoms with Crippen molar-refractivity contribution in [3.05, 3.63) is 59.2 Å². The number of hydrogen-bond acceptors (Lipinski definition) is 3. The molecule has 164 valence electrons. The maximum absolute atomic E-state index is 12.8. The third-order valence-corrected chi connectivity index (χ3v) is 4.87. The fourth-order valence-electron chi connectivity index (χ4n) is 3.09. The summed E-state index contributed by atoms with van der Waals surface area (Å²) in [4.78, 5) is 14.4. The van der Waals surface area contributed by atoms with Crippen LogP contribution >= 0.6 is 0 Å². The van der Waals surface area contributed by atoms with Gasteiger partial charge in [0.2, 0.25) is 0 Å². The number of urea groups is 1. The molecule has 3 rings (SSSR count). The van der Waals surface area contributed by atoms with E-state index in [9.17, 15) is 18.0 Å². The minimum Gasteiger partial charge on any atom is -0.493 e. The Morgan fingerprint density at radius 3 is 2.42 bits per heavy atom. The van der Waals surface area contributed by atoms with Crippen LogP contribution in [-0.4, -0.2) is 30.7 Å². The monoisotopic (exact) mass is 432 g/mol. The minimum atomic E-state index is -4.38. The predicted molar refractivity (Wildman–Crippen MR) is 110 cm³/mol. The van der Waals surface area contributed by atoms with E-state index in [2.05, 4.69) is 11.2 Å². The van der Waals surface area contributed by atoms with Crippen molar-refractivity contribution in [2.24, 2.45) is 0 Å². The van der Waals surface area contributed by atoms with Crippen molar-refractivity contribution in [1.82, 2.24) is 10.2 Å². The largest absolute Gasteiger partial charge is 0.493 e. The standard InChI is InChI=1S/C23H23F3N2O3/c1-3-12-31-21-13-17(6-11-20(21)30-2)14-27-22(29)28(19-9-10-19)15-16-4-7-18(8-5-16)23(24,25)26/h1,4-8,11,13,19H,9-10,12,14-15H2,2H3,(H,27,29). The molecule has 8 heteroatoms. The average molecular weight is 432 g/mol. The molecule has 0 aliphatic heterocycles. The zero-order valence-electron chi connectivity index (χ0n) is 17.0. The Balaban J connectivity index is 1.63. The minimum absolute atomic E-state index is 0.0904. The van der Waals surface area contributed by atoms with Gasteiger partial charge in [0.05, 0.1) is 12.7 Å². The quantitative estimate of drug-likeness (QED) is 0.621. The van der Waals surface area contributed by atoms with E-state index in [1.807, 2.05) is 0 Å². The zero-order valence-corrected chi connectivity index (χ0v) is 17.0. The Morgan fingerprint density at radius 2 is 1.84 bits per heavy atom. The number of nitrogens with zero attached hydrogens (tertiary/aromatic N) is 1. The fraction of sp³-hybridized carbons (Fsp3) is 0.348. The zero-order chi connectivity index (χ0) is 22.4. The fourth-order valence-corrected chi connectivity index (χ4v) is 3.09. The highest BCUT2D eigenvalue weighted by Crippen LogP contribution is 2.31. The molecule has 1 fully saturated rings. The number of rotatable bonds is 8. The van der Waals surface area contributed by atoms with Crippen molar-refractivity contribution in [2.45, 2.75) is 38.1 Å². The van der Waals surface area contributed by atoms with Crippen LogP contribution in [0.3, 0.4) is 0 Å². The predicted octanol–water partition coefficient (Wildman–Crippen LogP) is 4.60. The van der Waals surface area contributed by atoms with E-state index >= 15 is 0 Å². The van der Waals surface area contributed by atoms with E-state index in [0.29, 0.717) is 17.1 Å². The number of alkyl halides is 3. The first kappa shape index (κ1) is 22.3. The van der Waals surface area contributed by atoms with Crippen LogP contribution in [0.4, 0.5) is 18.0 Å². The number of carbonyl (C=O) groups excluding carboxylic acids is 1. The molecule has 31 heavy (non-hydrogen) atoms. The normalized spacial score (nSPS) is 13.3. The third kappa shape index (κ3) is 6.07. The molecule has 2 aromatic carbocycles. The summed E-state index contributed by atoms with van der Waals surface area (Å²) in [6.45, 7) is 0.591. The molecule has 0 atom stereocenters. The van der Waals surface area contributed by atoms with Crippen molar-refractivity contribution in [2.75, 3.05) is 13.7 Å². The molecule has 1 aliphatic rings. The molecule has 0 aromatic heterocycles. The second-order valence-corrected chi connectivity index (χ2v) is 7.19. The Labute approximate surface area is 179 Å². The lowest BCUT2D eigenvalue weighted by molar-refractivity contribution is -0.137. The highest BCUT2D eigenvalue weighted by molar-refractivity contribution is 5.75. The van der Waals surface area contributed by atoms with Crippen molar-refractivity contribution in [3.63, 3.8) is 0 Å². The number of hydrogen-bond donors (Lipinski definition) is 1. The van der Waals surface area contributed by atoms with Crippen LogP contribution in [-0.2, 0) is 19.3 Å². The molecule has 0 bridgehead atoms. The van der Waals surface area contributed by atoms with Gasteiger partial charge in [-0.15, -0.1) is 6.42 Å². The van der Waals surface area contributed by atoms with Gasteiger partial charge in [-0.2, -0.15) is 13.2 Å². The molecule has 0 radical (unpaired) electrons. The number of halogens is 3. The summed E-state index contributed by atoms with van der Waals surface area (Å²) in [6.07, 6.45) is 2.60. The van der Waals surface area contributed by atoms with Gasteiger partial charge in [-0.3, -0.25) is 0 Å². The van der Waals surface area contributed by atoms with Gasteiger partial charge < -0.3 is 19.7 Å². The highest BCUT2D eigenvalue weighted by Gasteiger charge is 2.33. The first-order valence-corrected chi connectivity index (χ1v) is 9.75. The van der Waals surface area contributed by atoms with E-state index in [1.54, 1.807) is 23.1 Å². The Kier molecular flexibility index (Phi) is 6.95. The van der Waals surface area contributed by atoms with E-state index in [0.717, 1.165) is 30.5 Å². The van der Waals surface area contributed by atoms with Gasteiger partial charge in [-0.05, 0) is 48.2 Å². The summed E-state index contributed by atoms with van der Waals surface area (Å²) in [5, 5.41) is 2.87. The van der Waals surface area contributed by atoms with Crippen LogP contribution < -0.4 is 14.8 Å². The summed E-state index contributed by atoms with van der Waals surface area (Å²) in [6, 6.07) is 9.98. The van der Waals surface area contributed by atoms with Crippen LogP contribution in [0.5, 0.6) is 11.5 Å². The third-order valence-electron chi connectivity index (χ3n) is 4.87. The molecular formula is C23H23F3N2O3. The van der Waals surface area contributed by atoms with Crippen LogP contribution in [0.25, 0.3) is 0 Å². The van der Waals surface area contributed by atoms with Gasteiger partial charge in [0, 0.05) is 19.1 Å². The number of methoxy groups -OCH3 is 1. The van der Waals surface area contributed by atoms with Gasteiger partial charge >= 0.3 is 12.2 Å². The molecule has 5 nitrogen and oxygen atoms in total. The molecule has 1 aliphatic carbocycles. The Bertz CT molecular complexity index is 948. The molecule has 0 spiro atoms. The van der Waals surface area contributed by atoms with Crippen molar-refractivity contribution < 1.29 is 27.4 Å². The van der Waals surface area contributed by atoms with E-state index in [1.165, 1.54) is 19.2 Å². The molecule has 2 aromatic rings. The first-order chi connectivity index (χ1) is 14.8. The van der Waals surface area contributed by atoms with Crippen molar-refractivity contribution in [1.29, 1.82) is 0 Å². The summed E-state index contributed by atoms with van der Waals surface area (Å²) in [5.74, 6) is 3.41. The van der Waals surface area contributed by atoms with E-state index in [-0.39, 0.29) is 31.8 Å². The van der Waals surface area contributed by atoms with Gasteiger partial charge in [0.25, 0.3) is 0 Å². The van der Waals surface area contributed by atoms with Gasteiger partial charge in [-0.1, -0.05) is 24.1 Å². The molecule has 0 heterocycles. The van der Waals surface area contributed by atoms with Gasteiger partial charge in [-0.25, -0.2) is 4.79 Å². The summed E-state index contributed by atoms with van der Waals surface area (Å²) >= 11 is 0. The Hall–Kier alpha value is -3.34. The first-order valence-electron chi connectivity index (χ1n) is 9.75. The average Bonchev–Trinajstić information content (AvgIpc) is 3.59. The summed E-state index contributed by atoms with van der Waals surface area (Å²) in [5.41, 5.74) is 0.733.